The summed E-state index contributed by atoms with van der Waals surface area (Å²) in [6, 6.07) is 11.3. The quantitative estimate of drug-likeness (QED) is 0.885. The highest BCUT2D eigenvalue weighted by molar-refractivity contribution is 5.94. The topological polar surface area (TPSA) is 54.7 Å². The lowest BCUT2D eigenvalue weighted by molar-refractivity contribution is 0.0933. The van der Waals surface area contributed by atoms with Gasteiger partial charge in [0.1, 0.15) is 17.3 Å². The molecule has 1 aromatic heterocycles. The molecule has 1 aromatic carbocycles. The molecule has 2 aromatic rings. The standard InChI is InChI=1S/C19H24N2O3/c1-14-8-9-18(24-14)17(21-10-3-4-11-21)13-20-19(22)15-6-5-7-16(12-15)23-2/h5-9,12,17H,3-4,10-11,13H2,1-2H3,(H,20,22). The summed E-state index contributed by atoms with van der Waals surface area (Å²) >= 11 is 0. The number of methoxy groups -OCH3 is 1. The number of carbonyl (C=O) groups is 1. The lowest BCUT2D eigenvalue weighted by Crippen LogP contribution is -2.36. The van der Waals surface area contributed by atoms with Crippen LogP contribution in [0.2, 0.25) is 0 Å². The first-order valence-electron chi connectivity index (χ1n) is 8.40. The molecular weight excluding hydrogens is 304 g/mol. The number of hydrogen-bond acceptors (Lipinski definition) is 4. The molecule has 5 heteroatoms. The first-order chi connectivity index (χ1) is 11.7. The number of furan rings is 1. The normalized spacial score (nSPS) is 16.1. The predicted octanol–water partition coefficient (Wildman–Crippen LogP) is 3.16. The van der Waals surface area contributed by atoms with Gasteiger partial charge in [-0.1, -0.05) is 6.07 Å². The first kappa shape index (κ1) is 16.6. The molecule has 0 saturated carbocycles. The van der Waals surface area contributed by atoms with Gasteiger partial charge in [-0.25, -0.2) is 0 Å². The summed E-state index contributed by atoms with van der Waals surface area (Å²) in [5.41, 5.74) is 0.602. The van der Waals surface area contributed by atoms with Gasteiger partial charge >= 0.3 is 0 Å². The highest BCUT2D eigenvalue weighted by atomic mass is 16.5. The second-order valence-corrected chi connectivity index (χ2v) is 6.15. The zero-order valence-electron chi connectivity index (χ0n) is 14.2. The van der Waals surface area contributed by atoms with E-state index in [2.05, 4.69) is 10.2 Å². The number of carbonyl (C=O) groups excluding carboxylic acids is 1. The molecule has 24 heavy (non-hydrogen) atoms. The number of hydrogen-bond donors (Lipinski definition) is 1. The van der Waals surface area contributed by atoms with Gasteiger partial charge in [-0.05, 0) is 63.2 Å². The zero-order chi connectivity index (χ0) is 16.9. The van der Waals surface area contributed by atoms with E-state index in [0.29, 0.717) is 17.9 Å². The Morgan fingerprint density at radius 1 is 1.29 bits per heavy atom. The van der Waals surface area contributed by atoms with Gasteiger partial charge in [0, 0.05) is 12.1 Å². The maximum Gasteiger partial charge on any atom is 0.251 e. The van der Waals surface area contributed by atoms with E-state index in [9.17, 15) is 4.79 Å². The molecule has 1 aliphatic rings. The molecule has 1 aliphatic heterocycles. The predicted molar refractivity (Wildman–Crippen MR) is 92.3 cm³/mol. The monoisotopic (exact) mass is 328 g/mol. The van der Waals surface area contributed by atoms with Gasteiger partial charge in [0.25, 0.3) is 5.91 Å². The van der Waals surface area contributed by atoms with Gasteiger partial charge in [-0.3, -0.25) is 9.69 Å². The molecular formula is C19H24N2O3. The van der Waals surface area contributed by atoms with Crippen molar-refractivity contribution in [3.8, 4) is 5.75 Å². The molecule has 0 aliphatic carbocycles. The van der Waals surface area contributed by atoms with Crippen LogP contribution in [0.15, 0.2) is 40.8 Å². The summed E-state index contributed by atoms with van der Waals surface area (Å²) in [4.78, 5) is 14.8. The SMILES string of the molecule is COc1cccc(C(=O)NCC(c2ccc(C)o2)N2CCCC2)c1. The van der Waals surface area contributed by atoms with Crippen molar-refractivity contribution in [3.63, 3.8) is 0 Å². The number of nitrogens with one attached hydrogen (secondary N) is 1. The summed E-state index contributed by atoms with van der Waals surface area (Å²) in [6.45, 7) is 4.56. The molecule has 0 spiro atoms. The van der Waals surface area contributed by atoms with E-state index >= 15 is 0 Å². The minimum Gasteiger partial charge on any atom is -0.497 e. The molecule has 0 bridgehead atoms. The molecule has 1 fully saturated rings. The number of benzene rings is 1. The summed E-state index contributed by atoms with van der Waals surface area (Å²) in [5, 5.41) is 3.04. The number of rotatable bonds is 6. The highest BCUT2D eigenvalue weighted by Gasteiger charge is 2.26. The summed E-state index contributed by atoms with van der Waals surface area (Å²) < 4.78 is 11.0. The molecule has 5 nitrogen and oxygen atoms in total. The lowest BCUT2D eigenvalue weighted by Gasteiger charge is -2.26. The second kappa shape index (κ2) is 7.53. The van der Waals surface area contributed by atoms with Crippen molar-refractivity contribution in [1.82, 2.24) is 10.2 Å². The summed E-state index contributed by atoms with van der Waals surface area (Å²) in [7, 11) is 1.60. The van der Waals surface area contributed by atoms with Gasteiger partial charge in [-0.15, -0.1) is 0 Å². The zero-order valence-corrected chi connectivity index (χ0v) is 14.2. The van der Waals surface area contributed by atoms with Gasteiger partial charge in [0.05, 0.1) is 13.2 Å². The molecule has 0 radical (unpaired) electrons. The van der Waals surface area contributed by atoms with Crippen LogP contribution in [0, 0.1) is 6.92 Å². The third-order valence-electron chi connectivity index (χ3n) is 4.46. The maximum absolute atomic E-state index is 12.5. The van der Waals surface area contributed by atoms with Crippen molar-refractivity contribution < 1.29 is 13.9 Å². The minimum absolute atomic E-state index is 0.0794. The summed E-state index contributed by atoms with van der Waals surface area (Å²) in [5.74, 6) is 2.40. The van der Waals surface area contributed by atoms with Crippen LogP contribution in [0.4, 0.5) is 0 Å². The second-order valence-electron chi connectivity index (χ2n) is 6.15. The van der Waals surface area contributed by atoms with Crippen LogP contribution < -0.4 is 10.1 Å². The number of ether oxygens (including phenoxy) is 1. The summed E-state index contributed by atoms with van der Waals surface area (Å²) in [6.07, 6.45) is 2.39. The average molecular weight is 328 g/mol. The Kier molecular flexibility index (Phi) is 5.20. The third-order valence-corrected chi connectivity index (χ3v) is 4.46. The molecule has 128 valence electrons. The van der Waals surface area contributed by atoms with Crippen LogP contribution in [0.25, 0.3) is 0 Å². The van der Waals surface area contributed by atoms with Crippen molar-refractivity contribution in [3.05, 3.63) is 53.5 Å². The van der Waals surface area contributed by atoms with Gasteiger partial charge in [0.15, 0.2) is 0 Å². The van der Waals surface area contributed by atoms with E-state index in [4.69, 9.17) is 9.15 Å². The van der Waals surface area contributed by atoms with Crippen LogP contribution in [0.1, 0.15) is 40.8 Å². The minimum atomic E-state index is -0.0959. The van der Waals surface area contributed by atoms with E-state index in [0.717, 1.165) is 24.6 Å². The fourth-order valence-corrected chi connectivity index (χ4v) is 3.15. The number of likely N-dealkylation sites (tertiary alicyclic amines) is 1. The Balaban J connectivity index is 1.69. The Labute approximate surface area is 142 Å². The van der Waals surface area contributed by atoms with E-state index in [1.54, 1.807) is 19.2 Å². The lowest BCUT2D eigenvalue weighted by atomic mass is 10.1. The highest BCUT2D eigenvalue weighted by Crippen LogP contribution is 2.26. The van der Waals surface area contributed by atoms with E-state index in [1.807, 2.05) is 31.2 Å². The van der Waals surface area contributed by atoms with Crippen LogP contribution >= 0.6 is 0 Å². The Bertz CT molecular complexity index is 689. The fourth-order valence-electron chi connectivity index (χ4n) is 3.15. The molecule has 1 N–H and O–H groups in total. The molecule has 2 heterocycles. The Morgan fingerprint density at radius 3 is 2.75 bits per heavy atom. The van der Waals surface area contributed by atoms with E-state index in [-0.39, 0.29) is 11.9 Å². The first-order valence-corrected chi connectivity index (χ1v) is 8.40. The molecule has 1 unspecified atom stereocenters. The van der Waals surface area contributed by atoms with Gasteiger partial charge < -0.3 is 14.5 Å². The van der Waals surface area contributed by atoms with Crippen molar-refractivity contribution in [1.29, 1.82) is 0 Å². The van der Waals surface area contributed by atoms with Crippen LogP contribution in [0.5, 0.6) is 5.75 Å². The van der Waals surface area contributed by atoms with Gasteiger partial charge in [-0.2, -0.15) is 0 Å². The van der Waals surface area contributed by atoms with Gasteiger partial charge in [0.2, 0.25) is 0 Å². The molecule has 1 saturated heterocycles. The van der Waals surface area contributed by atoms with Crippen LogP contribution in [-0.2, 0) is 0 Å². The third kappa shape index (κ3) is 3.79. The molecule has 1 amide bonds. The van der Waals surface area contributed by atoms with E-state index < -0.39 is 0 Å². The van der Waals surface area contributed by atoms with Crippen LogP contribution in [-0.4, -0.2) is 37.6 Å². The van der Waals surface area contributed by atoms with Crippen LogP contribution in [0.3, 0.4) is 0 Å². The largest absolute Gasteiger partial charge is 0.497 e. The van der Waals surface area contributed by atoms with Crippen molar-refractivity contribution >= 4 is 5.91 Å². The smallest absolute Gasteiger partial charge is 0.251 e. The number of amides is 1. The Hall–Kier alpha value is -2.27. The molecule has 1 atom stereocenters. The Morgan fingerprint density at radius 2 is 2.08 bits per heavy atom. The number of aryl methyl sites for hydroxylation is 1. The van der Waals surface area contributed by atoms with Crippen molar-refractivity contribution in [2.45, 2.75) is 25.8 Å². The fraction of sp³-hybridized carbons (Fsp3) is 0.421. The van der Waals surface area contributed by atoms with Crippen molar-refractivity contribution in [2.24, 2.45) is 0 Å². The van der Waals surface area contributed by atoms with Crippen molar-refractivity contribution in [2.75, 3.05) is 26.7 Å². The average Bonchev–Trinajstić information content (AvgIpc) is 3.27. The molecule has 3 rings (SSSR count). The van der Waals surface area contributed by atoms with E-state index in [1.165, 1.54) is 12.8 Å². The maximum atomic E-state index is 12.5. The number of nitrogens with zero attached hydrogens (tertiary/aromatic N) is 1.